The maximum absolute atomic E-state index is 12.9. The second-order valence-electron chi connectivity index (χ2n) is 3.03. The predicted octanol–water partition coefficient (Wildman–Crippen LogP) is 2.95. The summed E-state index contributed by atoms with van der Waals surface area (Å²) in [5.74, 6) is -1.14. The second kappa shape index (κ2) is 4.30. The Hall–Kier alpha value is -0.570. The van der Waals surface area contributed by atoms with E-state index in [-0.39, 0.29) is 15.1 Å². The number of benzene rings is 1. The fraction of sp³-hybridized carbons (Fsp3) is 0.333. The topological polar surface area (TPSA) is 18.5 Å². The van der Waals surface area contributed by atoms with Crippen molar-refractivity contribution in [3.63, 3.8) is 0 Å². The van der Waals surface area contributed by atoms with Crippen LogP contribution in [-0.4, -0.2) is 6.61 Å². The fourth-order valence-electron chi connectivity index (χ4n) is 1.35. The Morgan fingerprint density at radius 1 is 1.21 bits per heavy atom. The first-order valence-electron chi connectivity index (χ1n) is 4.24. The lowest BCUT2D eigenvalue weighted by atomic mass is 10.1. The van der Waals surface area contributed by atoms with Crippen LogP contribution in [0.25, 0.3) is 0 Å². The molecule has 0 bridgehead atoms. The van der Waals surface area contributed by atoms with Crippen molar-refractivity contribution >= 4 is 9.03 Å². The van der Waals surface area contributed by atoms with Crippen LogP contribution >= 0.6 is 9.03 Å². The summed E-state index contributed by atoms with van der Waals surface area (Å²) in [6, 6.07) is 3.44. The molecular weight excluding hydrogens is 209 g/mol. The normalized spacial score (nSPS) is 24.0. The zero-order valence-electron chi connectivity index (χ0n) is 7.30. The summed E-state index contributed by atoms with van der Waals surface area (Å²) >= 11 is 0. The monoisotopic (exact) mass is 218 g/mol. The Morgan fingerprint density at radius 2 is 1.93 bits per heavy atom. The predicted molar refractivity (Wildman–Crippen MR) is 49.1 cm³/mol. The molecule has 0 amide bonds. The summed E-state index contributed by atoms with van der Waals surface area (Å²) in [5, 5.41) is 0. The molecule has 76 valence electrons. The quantitative estimate of drug-likeness (QED) is 0.674. The van der Waals surface area contributed by atoms with E-state index >= 15 is 0 Å². The molecule has 1 aromatic rings. The Balaban J connectivity index is 2.21. The van der Waals surface area contributed by atoms with Crippen molar-refractivity contribution in [3.05, 3.63) is 35.4 Å². The van der Waals surface area contributed by atoms with Gasteiger partial charge < -0.3 is 9.05 Å². The van der Waals surface area contributed by atoms with Crippen LogP contribution in [0.2, 0.25) is 0 Å². The van der Waals surface area contributed by atoms with Crippen LogP contribution in [0.1, 0.15) is 18.1 Å². The van der Waals surface area contributed by atoms with Gasteiger partial charge in [0.2, 0.25) is 0 Å². The van der Waals surface area contributed by atoms with Gasteiger partial charge in [0.1, 0.15) is 11.6 Å². The first-order valence-corrected chi connectivity index (χ1v) is 5.06. The van der Waals surface area contributed by atoms with Crippen LogP contribution in [0.3, 0.4) is 0 Å². The van der Waals surface area contributed by atoms with E-state index in [9.17, 15) is 8.78 Å². The maximum atomic E-state index is 12.9. The van der Waals surface area contributed by atoms with Crippen LogP contribution in [-0.2, 0) is 9.05 Å². The smallest absolute Gasteiger partial charge is 0.155 e. The lowest BCUT2D eigenvalue weighted by Crippen LogP contribution is -2.08. The Kier molecular flexibility index (Phi) is 3.06. The molecule has 0 N–H and O–H groups in total. The van der Waals surface area contributed by atoms with Crippen molar-refractivity contribution in [1.29, 1.82) is 0 Å². The molecule has 0 radical (unpaired) electrons. The maximum Gasteiger partial charge on any atom is 0.155 e. The van der Waals surface area contributed by atoms with E-state index in [2.05, 4.69) is 0 Å². The number of hydrogen-bond donors (Lipinski definition) is 0. The van der Waals surface area contributed by atoms with E-state index < -0.39 is 11.6 Å². The first-order chi connectivity index (χ1) is 6.75. The standard InChI is InChI=1S/C9H9F2O2P/c10-7-3-6(4-8(11)5-7)9-1-2-12-14-13-9/h3-5,9,14H,1-2H2/t9-/m1/s1. The van der Waals surface area contributed by atoms with Crippen LogP contribution in [0.5, 0.6) is 0 Å². The third-order valence-corrected chi connectivity index (χ3v) is 2.69. The summed E-state index contributed by atoms with van der Waals surface area (Å²) in [5.41, 5.74) is 0.540. The van der Waals surface area contributed by atoms with Crippen LogP contribution in [0.15, 0.2) is 18.2 Å². The molecule has 0 saturated carbocycles. The molecule has 1 aromatic carbocycles. The Bertz CT molecular complexity index is 306. The van der Waals surface area contributed by atoms with Crippen molar-refractivity contribution in [2.75, 3.05) is 6.61 Å². The summed E-state index contributed by atoms with van der Waals surface area (Å²) in [6.45, 7) is 0.571. The first kappa shape index (κ1) is 9.97. The molecule has 2 atom stereocenters. The molecule has 5 heteroatoms. The lowest BCUT2D eigenvalue weighted by molar-refractivity contribution is 0.120. The molecule has 14 heavy (non-hydrogen) atoms. The van der Waals surface area contributed by atoms with Gasteiger partial charge in [0.25, 0.3) is 0 Å². The molecule has 1 fully saturated rings. The highest BCUT2D eigenvalue weighted by molar-refractivity contribution is 7.26. The van der Waals surface area contributed by atoms with Crippen molar-refractivity contribution in [1.82, 2.24) is 0 Å². The average Bonchev–Trinajstić information content (AvgIpc) is 2.18. The second-order valence-corrected chi connectivity index (χ2v) is 3.72. The zero-order chi connectivity index (χ0) is 9.97. The van der Waals surface area contributed by atoms with Gasteiger partial charge in [0.15, 0.2) is 9.03 Å². The van der Waals surface area contributed by atoms with E-state index in [0.29, 0.717) is 18.6 Å². The average molecular weight is 218 g/mol. The van der Waals surface area contributed by atoms with Gasteiger partial charge in [0.05, 0.1) is 12.7 Å². The minimum absolute atomic E-state index is 0.0438. The Morgan fingerprint density at radius 3 is 2.50 bits per heavy atom. The van der Waals surface area contributed by atoms with Gasteiger partial charge in [-0.15, -0.1) is 0 Å². The molecule has 0 aliphatic carbocycles. The highest BCUT2D eigenvalue weighted by Gasteiger charge is 2.18. The van der Waals surface area contributed by atoms with Crippen molar-refractivity contribution in [2.24, 2.45) is 0 Å². The molecule has 2 nitrogen and oxygen atoms in total. The molecule has 1 heterocycles. The molecule has 1 aliphatic heterocycles. The lowest BCUT2D eigenvalue weighted by Gasteiger charge is -2.22. The molecular formula is C9H9F2O2P. The van der Waals surface area contributed by atoms with Gasteiger partial charge in [-0.1, -0.05) is 0 Å². The van der Waals surface area contributed by atoms with Crippen molar-refractivity contribution < 1.29 is 17.8 Å². The van der Waals surface area contributed by atoms with Gasteiger partial charge in [0, 0.05) is 12.5 Å². The molecule has 1 saturated heterocycles. The van der Waals surface area contributed by atoms with Gasteiger partial charge in [-0.3, -0.25) is 0 Å². The highest BCUT2D eigenvalue weighted by atomic mass is 31.1. The summed E-state index contributed by atoms with van der Waals surface area (Å²) in [7, 11) is -0.0438. The molecule has 0 aromatic heterocycles. The van der Waals surface area contributed by atoms with Crippen LogP contribution in [0, 0.1) is 11.6 Å². The number of halogens is 2. The van der Waals surface area contributed by atoms with E-state index in [1.165, 1.54) is 12.1 Å². The number of rotatable bonds is 1. The van der Waals surface area contributed by atoms with Crippen molar-refractivity contribution in [3.8, 4) is 0 Å². The van der Waals surface area contributed by atoms with E-state index in [4.69, 9.17) is 9.05 Å². The molecule has 1 unspecified atom stereocenters. The molecule has 2 rings (SSSR count). The van der Waals surface area contributed by atoms with E-state index in [1.54, 1.807) is 0 Å². The van der Waals surface area contributed by atoms with Gasteiger partial charge in [-0.25, -0.2) is 8.78 Å². The number of hydrogen-bond acceptors (Lipinski definition) is 2. The van der Waals surface area contributed by atoms with Crippen LogP contribution in [0.4, 0.5) is 8.78 Å². The highest BCUT2D eigenvalue weighted by Crippen LogP contribution is 2.35. The summed E-state index contributed by atoms with van der Waals surface area (Å²) < 4.78 is 36.0. The summed E-state index contributed by atoms with van der Waals surface area (Å²) in [4.78, 5) is 0. The fourth-order valence-corrected chi connectivity index (χ4v) is 1.99. The van der Waals surface area contributed by atoms with Gasteiger partial charge >= 0.3 is 0 Å². The van der Waals surface area contributed by atoms with Gasteiger partial charge in [-0.05, 0) is 17.7 Å². The van der Waals surface area contributed by atoms with Gasteiger partial charge in [-0.2, -0.15) is 0 Å². The van der Waals surface area contributed by atoms with Crippen LogP contribution < -0.4 is 0 Å². The molecule has 0 spiro atoms. The van der Waals surface area contributed by atoms with E-state index in [0.717, 1.165) is 6.07 Å². The summed E-state index contributed by atoms with van der Waals surface area (Å²) in [6.07, 6.45) is 0.392. The van der Waals surface area contributed by atoms with Crippen molar-refractivity contribution in [2.45, 2.75) is 12.5 Å². The van der Waals surface area contributed by atoms with E-state index in [1.807, 2.05) is 0 Å². The minimum atomic E-state index is -0.571. The largest absolute Gasteiger partial charge is 0.336 e. The zero-order valence-corrected chi connectivity index (χ0v) is 8.30. The SMILES string of the molecule is Fc1cc(F)cc([C@H]2CCOPO2)c1. The Labute approximate surface area is 82.2 Å². The molecule has 1 aliphatic rings. The minimum Gasteiger partial charge on any atom is -0.336 e. The third kappa shape index (κ3) is 2.27. The third-order valence-electron chi connectivity index (χ3n) is 1.99.